The molecule has 0 saturated heterocycles. The molecular weight excluding hydrogens is 314 g/mol. The summed E-state index contributed by atoms with van der Waals surface area (Å²) in [5.74, 6) is 0.825. The van der Waals surface area contributed by atoms with Crippen LogP contribution in [-0.4, -0.2) is 19.6 Å². The smallest absolute Gasteiger partial charge is 0.262 e. The largest absolute Gasteiger partial charge is 0.493 e. The van der Waals surface area contributed by atoms with Crippen molar-refractivity contribution in [1.29, 1.82) is 0 Å². The van der Waals surface area contributed by atoms with Crippen molar-refractivity contribution >= 4 is 23.2 Å². The molecule has 0 aliphatic rings. The van der Waals surface area contributed by atoms with Gasteiger partial charge in [0.15, 0.2) is 18.1 Å². The molecule has 0 heterocycles. The summed E-state index contributed by atoms with van der Waals surface area (Å²) in [7, 11) is 1.56. The number of ether oxygens (including phenoxy) is 2. The summed E-state index contributed by atoms with van der Waals surface area (Å²) in [6.45, 7) is 3.58. The first-order valence-corrected chi connectivity index (χ1v) is 7.46. The van der Waals surface area contributed by atoms with E-state index in [9.17, 15) is 4.79 Å². The normalized spacial score (nSPS) is 10.0. The maximum Gasteiger partial charge on any atom is 0.262 e. The molecule has 4 nitrogen and oxygen atoms in total. The van der Waals surface area contributed by atoms with Crippen LogP contribution in [0.3, 0.4) is 0 Å². The number of methoxy groups -OCH3 is 1. The summed E-state index contributed by atoms with van der Waals surface area (Å²) in [4.78, 5) is 11.9. The first kappa shape index (κ1) is 16.9. The Kier molecular flexibility index (Phi) is 6.06. The quantitative estimate of drug-likeness (QED) is 0.777. The average molecular weight is 332 g/mol. The third-order valence-electron chi connectivity index (χ3n) is 3.08. The highest BCUT2D eigenvalue weighted by molar-refractivity contribution is 6.30. The Balaban J connectivity index is 1.97. The van der Waals surface area contributed by atoms with Crippen LogP contribution in [0.1, 0.15) is 5.56 Å². The zero-order chi connectivity index (χ0) is 16.7. The van der Waals surface area contributed by atoms with E-state index in [4.69, 9.17) is 21.1 Å². The van der Waals surface area contributed by atoms with E-state index in [-0.39, 0.29) is 12.5 Å². The van der Waals surface area contributed by atoms with Crippen molar-refractivity contribution in [2.45, 2.75) is 6.42 Å². The zero-order valence-corrected chi connectivity index (χ0v) is 13.6. The number of anilines is 1. The Morgan fingerprint density at radius 3 is 2.78 bits per heavy atom. The van der Waals surface area contributed by atoms with Gasteiger partial charge in [0.2, 0.25) is 0 Å². The third kappa shape index (κ3) is 5.04. The summed E-state index contributed by atoms with van der Waals surface area (Å²) in [6.07, 6.45) is 2.56. The fraction of sp³-hybridized carbons (Fsp3) is 0.167. The molecule has 0 aliphatic heterocycles. The molecular formula is C18H18ClNO3. The first-order chi connectivity index (χ1) is 11.1. The van der Waals surface area contributed by atoms with Gasteiger partial charge in [-0.1, -0.05) is 29.8 Å². The lowest BCUT2D eigenvalue weighted by molar-refractivity contribution is -0.118. The number of nitrogens with one attached hydrogen (secondary N) is 1. The van der Waals surface area contributed by atoms with Crippen LogP contribution in [0.15, 0.2) is 55.1 Å². The summed E-state index contributed by atoms with van der Waals surface area (Å²) in [6, 6.07) is 12.5. The fourth-order valence-corrected chi connectivity index (χ4v) is 2.22. The topological polar surface area (TPSA) is 47.6 Å². The monoisotopic (exact) mass is 331 g/mol. The van der Waals surface area contributed by atoms with Crippen molar-refractivity contribution in [3.63, 3.8) is 0 Å². The SMILES string of the molecule is C=CCc1ccc(OCC(=O)Nc2cccc(Cl)c2)c(OC)c1. The molecule has 120 valence electrons. The predicted octanol–water partition coefficient (Wildman–Crippen LogP) is 4.09. The summed E-state index contributed by atoms with van der Waals surface area (Å²) >= 11 is 5.88. The minimum atomic E-state index is -0.274. The van der Waals surface area contributed by atoms with Crippen molar-refractivity contribution in [2.24, 2.45) is 0 Å². The van der Waals surface area contributed by atoms with Crippen LogP contribution in [-0.2, 0) is 11.2 Å². The van der Waals surface area contributed by atoms with Gasteiger partial charge in [-0.3, -0.25) is 4.79 Å². The lowest BCUT2D eigenvalue weighted by Gasteiger charge is -2.12. The van der Waals surface area contributed by atoms with Crippen LogP contribution in [0.5, 0.6) is 11.5 Å². The van der Waals surface area contributed by atoms with Crippen LogP contribution in [0, 0.1) is 0 Å². The Bertz CT molecular complexity index is 700. The lowest BCUT2D eigenvalue weighted by atomic mass is 10.1. The van der Waals surface area contributed by atoms with E-state index >= 15 is 0 Å². The highest BCUT2D eigenvalue weighted by Gasteiger charge is 2.09. The summed E-state index contributed by atoms with van der Waals surface area (Å²) < 4.78 is 10.8. The molecule has 2 aromatic rings. The van der Waals surface area contributed by atoms with E-state index in [2.05, 4.69) is 11.9 Å². The number of carbonyl (C=O) groups excluding carboxylic acids is 1. The second kappa shape index (κ2) is 8.25. The zero-order valence-electron chi connectivity index (χ0n) is 12.8. The van der Waals surface area contributed by atoms with Crippen molar-refractivity contribution in [2.75, 3.05) is 19.0 Å². The van der Waals surface area contributed by atoms with Gasteiger partial charge in [-0.2, -0.15) is 0 Å². The van der Waals surface area contributed by atoms with Crippen molar-refractivity contribution in [3.05, 3.63) is 65.7 Å². The molecule has 0 aliphatic carbocycles. The van der Waals surface area contributed by atoms with E-state index in [1.807, 2.05) is 18.2 Å². The molecule has 0 aromatic heterocycles. The van der Waals surface area contributed by atoms with Crippen molar-refractivity contribution < 1.29 is 14.3 Å². The second-order valence-corrected chi connectivity index (χ2v) is 5.26. The molecule has 23 heavy (non-hydrogen) atoms. The highest BCUT2D eigenvalue weighted by atomic mass is 35.5. The van der Waals surface area contributed by atoms with E-state index in [0.29, 0.717) is 22.2 Å². The number of allylic oxidation sites excluding steroid dienone is 1. The number of rotatable bonds is 7. The number of hydrogen-bond acceptors (Lipinski definition) is 3. The molecule has 0 spiro atoms. The summed E-state index contributed by atoms with van der Waals surface area (Å²) in [5.41, 5.74) is 1.69. The maximum atomic E-state index is 11.9. The van der Waals surface area contributed by atoms with E-state index in [1.165, 1.54) is 0 Å². The predicted molar refractivity (Wildman–Crippen MR) is 92.5 cm³/mol. The third-order valence-corrected chi connectivity index (χ3v) is 3.31. The van der Waals surface area contributed by atoms with E-state index < -0.39 is 0 Å². The number of carbonyl (C=O) groups is 1. The van der Waals surface area contributed by atoms with Crippen molar-refractivity contribution in [1.82, 2.24) is 0 Å². The number of amides is 1. The van der Waals surface area contributed by atoms with Crippen LogP contribution < -0.4 is 14.8 Å². The van der Waals surface area contributed by atoms with Crippen LogP contribution in [0.4, 0.5) is 5.69 Å². The molecule has 0 saturated carbocycles. The Hall–Kier alpha value is -2.46. The summed E-state index contributed by atoms with van der Waals surface area (Å²) in [5, 5.41) is 3.28. The van der Waals surface area contributed by atoms with Gasteiger partial charge < -0.3 is 14.8 Å². The molecule has 1 N–H and O–H groups in total. The van der Waals surface area contributed by atoms with Crippen LogP contribution in [0.2, 0.25) is 5.02 Å². The fourth-order valence-electron chi connectivity index (χ4n) is 2.03. The molecule has 2 aromatic carbocycles. The molecule has 1 amide bonds. The Morgan fingerprint density at radius 2 is 2.09 bits per heavy atom. The molecule has 0 unspecified atom stereocenters. The minimum absolute atomic E-state index is 0.121. The molecule has 0 bridgehead atoms. The van der Waals surface area contributed by atoms with Gasteiger partial charge in [-0.25, -0.2) is 0 Å². The van der Waals surface area contributed by atoms with Crippen LogP contribution in [0.25, 0.3) is 0 Å². The van der Waals surface area contributed by atoms with E-state index in [0.717, 1.165) is 12.0 Å². The Labute approximate surface area is 140 Å². The standard InChI is InChI=1S/C18H18ClNO3/c1-3-5-13-8-9-16(17(10-13)22-2)23-12-18(21)20-15-7-4-6-14(19)11-15/h3-4,6-11H,1,5,12H2,2H3,(H,20,21). The van der Waals surface area contributed by atoms with Gasteiger partial charge in [0.25, 0.3) is 5.91 Å². The minimum Gasteiger partial charge on any atom is -0.493 e. The van der Waals surface area contributed by atoms with Gasteiger partial charge >= 0.3 is 0 Å². The first-order valence-electron chi connectivity index (χ1n) is 7.08. The van der Waals surface area contributed by atoms with Gasteiger partial charge in [0.05, 0.1) is 7.11 Å². The molecule has 0 fully saturated rings. The molecule has 2 rings (SSSR count). The second-order valence-electron chi connectivity index (χ2n) is 4.83. The van der Waals surface area contributed by atoms with Gasteiger partial charge in [-0.15, -0.1) is 6.58 Å². The number of halogens is 1. The van der Waals surface area contributed by atoms with Gasteiger partial charge in [0.1, 0.15) is 0 Å². The number of hydrogen-bond donors (Lipinski definition) is 1. The van der Waals surface area contributed by atoms with E-state index in [1.54, 1.807) is 37.4 Å². The number of benzene rings is 2. The highest BCUT2D eigenvalue weighted by Crippen LogP contribution is 2.28. The maximum absolute atomic E-state index is 11.9. The van der Waals surface area contributed by atoms with Crippen LogP contribution >= 0.6 is 11.6 Å². The average Bonchev–Trinajstić information content (AvgIpc) is 2.54. The Morgan fingerprint density at radius 1 is 1.26 bits per heavy atom. The van der Waals surface area contributed by atoms with Crippen molar-refractivity contribution in [3.8, 4) is 11.5 Å². The molecule has 0 atom stereocenters. The lowest BCUT2D eigenvalue weighted by Crippen LogP contribution is -2.20. The molecule has 0 radical (unpaired) electrons. The molecule has 5 heteroatoms. The van der Waals surface area contributed by atoms with Gasteiger partial charge in [0, 0.05) is 10.7 Å². The van der Waals surface area contributed by atoms with Gasteiger partial charge in [-0.05, 0) is 42.3 Å².